The van der Waals surface area contributed by atoms with E-state index in [0.717, 1.165) is 24.0 Å². The van der Waals surface area contributed by atoms with Gasteiger partial charge in [-0.15, -0.1) is 0 Å². The lowest BCUT2D eigenvalue weighted by molar-refractivity contribution is 0.0937. The third-order valence-electron chi connectivity index (χ3n) is 2.93. The van der Waals surface area contributed by atoms with E-state index in [0.29, 0.717) is 32.2 Å². The lowest BCUT2D eigenvalue weighted by Crippen LogP contribution is -2.07. The molecule has 0 fully saturated rings. The molecule has 0 unspecified atom stereocenters. The van der Waals surface area contributed by atoms with Crippen LogP contribution in [0.3, 0.4) is 0 Å². The molecule has 1 aromatic rings. The molecule has 0 bridgehead atoms. The van der Waals surface area contributed by atoms with Crippen LogP contribution < -0.4 is 4.74 Å². The van der Waals surface area contributed by atoms with Crippen molar-refractivity contribution in [1.29, 1.82) is 0 Å². The monoisotopic (exact) mass is 314 g/mol. The van der Waals surface area contributed by atoms with E-state index >= 15 is 0 Å². The van der Waals surface area contributed by atoms with E-state index in [1.54, 1.807) is 0 Å². The van der Waals surface area contributed by atoms with Crippen molar-refractivity contribution < 1.29 is 29.5 Å². The standard InChI is InChI=1S/C16H26O6/c17-3-8-20-6-1-14-11-15(2-7-21-9-4-18)13-16(12-14)22-10-5-19/h11-13,17-19H,1-10H2. The normalized spacial score (nSPS) is 10.9. The molecule has 6 heteroatoms. The predicted octanol–water partition coefficient (Wildman–Crippen LogP) is 0.160. The summed E-state index contributed by atoms with van der Waals surface area (Å²) in [6, 6.07) is 5.92. The summed E-state index contributed by atoms with van der Waals surface area (Å²) in [5.74, 6) is 0.714. The van der Waals surface area contributed by atoms with Crippen LogP contribution in [0.2, 0.25) is 0 Å². The van der Waals surface area contributed by atoms with Gasteiger partial charge in [-0.1, -0.05) is 6.07 Å². The van der Waals surface area contributed by atoms with Crippen molar-refractivity contribution >= 4 is 0 Å². The molecule has 0 saturated heterocycles. The quantitative estimate of drug-likeness (QED) is 0.450. The summed E-state index contributed by atoms with van der Waals surface area (Å²) >= 11 is 0. The number of rotatable bonds is 13. The average molecular weight is 314 g/mol. The van der Waals surface area contributed by atoms with Crippen LogP contribution in [0, 0.1) is 0 Å². The van der Waals surface area contributed by atoms with Crippen molar-refractivity contribution in [2.45, 2.75) is 12.8 Å². The van der Waals surface area contributed by atoms with Crippen LogP contribution >= 0.6 is 0 Å². The van der Waals surface area contributed by atoms with Gasteiger partial charge in [-0.3, -0.25) is 0 Å². The van der Waals surface area contributed by atoms with Crippen molar-refractivity contribution in [1.82, 2.24) is 0 Å². The summed E-state index contributed by atoms with van der Waals surface area (Å²) in [5.41, 5.74) is 2.15. The first-order chi connectivity index (χ1) is 10.8. The van der Waals surface area contributed by atoms with Crippen molar-refractivity contribution in [2.75, 3.05) is 52.9 Å². The van der Waals surface area contributed by atoms with Gasteiger partial charge in [-0.25, -0.2) is 0 Å². The summed E-state index contributed by atoms with van der Waals surface area (Å²) < 4.78 is 16.0. The summed E-state index contributed by atoms with van der Waals surface area (Å²) in [6.45, 7) is 2.00. The fourth-order valence-electron chi connectivity index (χ4n) is 1.98. The van der Waals surface area contributed by atoms with Crippen LogP contribution in [0.4, 0.5) is 0 Å². The van der Waals surface area contributed by atoms with Gasteiger partial charge < -0.3 is 29.5 Å². The molecule has 0 heterocycles. The first-order valence-electron chi connectivity index (χ1n) is 7.54. The Morgan fingerprint density at radius 3 is 1.59 bits per heavy atom. The first-order valence-corrected chi connectivity index (χ1v) is 7.54. The van der Waals surface area contributed by atoms with E-state index in [1.165, 1.54) is 0 Å². The maximum Gasteiger partial charge on any atom is 0.119 e. The molecule has 0 spiro atoms. The number of aliphatic hydroxyl groups excluding tert-OH is 3. The van der Waals surface area contributed by atoms with Gasteiger partial charge in [0.1, 0.15) is 12.4 Å². The van der Waals surface area contributed by atoms with Crippen molar-refractivity contribution in [3.8, 4) is 5.75 Å². The van der Waals surface area contributed by atoms with Gasteiger partial charge in [0.25, 0.3) is 0 Å². The summed E-state index contributed by atoms with van der Waals surface area (Å²) in [6.07, 6.45) is 1.45. The predicted molar refractivity (Wildman–Crippen MR) is 82.2 cm³/mol. The Balaban J connectivity index is 2.59. The Bertz CT molecular complexity index is 366. The summed E-state index contributed by atoms with van der Waals surface area (Å²) in [7, 11) is 0. The minimum atomic E-state index is -0.0290. The van der Waals surface area contributed by atoms with Crippen LogP contribution in [0.5, 0.6) is 5.75 Å². The van der Waals surface area contributed by atoms with Crippen LogP contribution in [-0.2, 0) is 22.3 Å². The molecule has 0 saturated carbocycles. The Labute approximate surface area is 131 Å². The third kappa shape index (κ3) is 8.31. The topological polar surface area (TPSA) is 88.4 Å². The second kappa shape index (κ2) is 12.4. The van der Waals surface area contributed by atoms with Gasteiger partial charge in [0.2, 0.25) is 0 Å². The van der Waals surface area contributed by atoms with E-state index < -0.39 is 0 Å². The molecule has 0 atom stereocenters. The third-order valence-corrected chi connectivity index (χ3v) is 2.93. The molecule has 0 aliphatic rings. The lowest BCUT2D eigenvalue weighted by atomic mass is 10.1. The Kier molecular flexibility index (Phi) is 10.6. The molecule has 0 aromatic heterocycles. The minimum Gasteiger partial charge on any atom is -0.491 e. The van der Waals surface area contributed by atoms with Crippen LogP contribution in [0.25, 0.3) is 0 Å². The van der Waals surface area contributed by atoms with Crippen molar-refractivity contribution in [3.63, 3.8) is 0 Å². The Morgan fingerprint density at radius 1 is 0.636 bits per heavy atom. The van der Waals surface area contributed by atoms with E-state index in [4.69, 9.17) is 29.5 Å². The number of aliphatic hydroxyl groups is 3. The minimum absolute atomic E-state index is 0.0209. The van der Waals surface area contributed by atoms with E-state index in [1.807, 2.05) is 12.1 Å². The summed E-state index contributed by atoms with van der Waals surface area (Å²) in [5, 5.41) is 26.2. The van der Waals surface area contributed by atoms with Crippen molar-refractivity contribution in [3.05, 3.63) is 29.3 Å². The molecule has 126 valence electrons. The van der Waals surface area contributed by atoms with Gasteiger partial charge >= 0.3 is 0 Å². The first kappa shape index (κ1) is 18.9. The number of hydrogen-bond acceptors (Lipinski definition) is 6. The highest BCUT2D eigenvalue weighted by molar-refractivity contribution is 5.35. The molecule has 6 nitrogen and oxygen atoms in total. The largest absolute Gasteiger partial charge is 0.491 e. The second-order valence-electron chi connectivity index (χ2n) is 4.73. The highest BCUT2D eigenvalue weighted by atomic mass is 16.5. The van der Waals surface area contributed by atoms with Gasteiger partial charge in [0.05, 0.1) is 46.2 Å². The smallest absolute Gasteiger partial charge is 0.119 e. The molecular weight excluding hydrogens is 288 g/mol. The number of hydrogen-bond donors (Lipinski definition) is 3. The maximum atomic E-state index is 8.85. The van der Waals surface area contributed by atoms with Gasteiger partial charge in [-0.05, 0) is 36.1 Å². The molecular formula is C16H26O6. The zero-order valence-electron chi connectivity index (χ0n) is 12.9. The average Bonchev–Trinajstić information content (AvgIpc) is 2.54. The SMILES string of the molecule is OCCOCCc1cc(CCOCCO)cc(OCCO)c1. The fourth-order valence-corrected chi connectivity index (χ4v) is 1.98. The summed E-state index contributed by atoms with van der Waals surface area (Å²) in [4.78, 5) is 0. The van der Waals surface area contributed by atoms with Gasteiger partial charge in [-0.2, -0.15) is 0 Å². The number of ether oxygens (including phenoxy) is 3. The zero-order chi connectivity index (χ0) is 16.0. The van der Waals surface area contributed by atoms with Crippen LogP contribution in [0.15, 0.2) is 18.2 Å². The molecule has 0 aliphatic heterocycles. The Hall–Kier alpha value is -1.18. The highest BCUT2D eigenvalue weighted by Gasteiger charge is 2.04. The zero-order valence-corrected chi connectivity index (χ0v) is 12.9. The van der Waals surface area contributed by atoms with Crippen LogP contribution in [-0.4, -0.2) is 68.2 Å². The van der Waals surface area contributed by atoms with E-state index in [2.05, 4.69) is 6.07 Å². The van der Waals surface area contributed by atoms with Gasteiger partial charge in [0, 0.05) is 0 Å². The van der Waals surface area contributed by atoms with Gasteiger partial charge in [0.15, 0.2) is 0 Å². The molecule has 22 heavy (non-hydrogen) atoms. The molecule has 0 radical (unpaired) electrons. The molecule has 0 amide bonds. The van der Waals surface area contributed by atoms with E-state index in [9.17, 15) is 0 Å². The highest BCUT2D eigenvalue weighted by Crippen LogP contribution is 2.18. The molecule has 1 aromatic carbocycles. The van der Waals surface area contributed by atoms with Crippen molar-refractivity contribution in [2.24, 2.45) is 0 Å². The number of benzene rings is 1. The second-order valence-corrected chi connectivity index (χ2v) is 4.73. The maximum absolute atomic E-state index is 8.85. The van der Waals surface area contributed by atoms with E-state index in [-0.39, 0.29) is 26.4 Å². The molecule has 3 N–H and O–H groups in total. The molecule has 0 aliphatic carbocycles. The Morgan fingerprint density at radius 2 is 1.14 bits per heavy atom. The fraction of sp³-hybridized carbons (Fsp3) is 0.625. The molecule has 1 rings (SSSR count). The van der Waals surface area contributed by atoms with Crippen LogP contribution in [0.1, 0.15) is 11.1 Å². The lowest BCUT2D eigenvalue weighted by Gasteiger charge is -2.11.